The average Bonchev–Trinajstić information content (AvgIpc) is 2.99. The largest absolute Gasteiger partial charge is 0.337 e. The highest BCUT2D eigenvalue weighted by atomic mass is 32.2. The summed E-state index contributed by atoms with van der Waals surface area (Å²) < 4.78 is 26.6. The van der Waals surface area contributed by atoms with Crippen molar-refractivity contribution in [2.24, 2.45) is 13.0 Å². The van der Waals surface area contributed by atoms with E-state index in [1.54, 1.807) is 6.20 Å². The van der Waals surface area contributed by atoms with Crippen LogP contribution >= 0.6 is 0 Å². The number of aryl methyl sites for hydroxylation is 1. The predicted octanol–water partition coefficient (Wildman–Crippen LogP) is -0.421. The SMILES string of the molecule is CN(C)[C@H]1CS(=O)(=O)[C@H]2CN(Cc3nccn3C)C[C@@H]12. The normalized spacial score (nSPS) is 32.9. The molecule has 0 N–H and O–H groups in total. The Balaban J connectivity index is 1.77. The van der Waals surface area contributed by atoms with Gasteiger partial charge in [0.15, 0.2) is 9.84 Å². The van der Waals surface area contributed by atoms with Gasteiger partial charge < -0.3 is 9.47 Å². The molecule has 6 nitrogen and oxygen atoms in total. The van der Waals surface area contributed by atoms with Crippen LogP contribution in [0.2, 0.25) is 0 Å². The molecule has 0 radical (unpaired) electrons. The van der Waals surface area contributed by atoms with Crippen molar-refractivity contribution in [3.8, 4) is 0 Å². The summed E-state index contributed by atoms with van der Waals surface area (Å²) in [5.41, 5.74) is 0. The van der Waals surface area contributed by atoms with E-state index in [0.29, 0.717) is 12.3 Å². The van der Waals surface area contributed by atoms with Crippen LogP contribution in [-0.2, 0) is 23.4 Å². The highest BCUT2D eigenvalue weighted by molar-refractivity contribution is 7.92. The van der Waals surface area contributed by atoms with E-state index < -0.39 is 9.84 Å². The van der Waals surface area contributed by atoms with E-state index in [1.807, 2.05) is 31.9 Å². The summed E-state index contributed by atoms with van der Waals surface area (Å²) in [7, 11) is 2.97. The summed E-state index contributed by atoms with van der Waals surface area (Å²) in [5, 5.41) is -0.199. The summed E-state index contributed by atoms with van der Waals surface area (Å²) in [6, 6.07) is 0.149. The van der Waals surface area contributed by atoms with Gasteiger partial charge in [0.1, 0.15) is 5.82 Å². The summed E-state index contributed by atoms with van der Waals surface area (Å²) in [4.78, 5) is 8.61. The van der Waals surface area contributed by atoms with Crippen LogP contribution in [0, 0.1) is 5.92 Å². The number of likely N-dealkylation sites (tertiary alicyclic amines) is 1. The fourth-order valence-electron chi connectivity index (χ4n) is 3.52. The van der Waals surface area contributed by atoms with Crippen LogP contribution in [-0.4, -0.2) is 72.0 Å². The number of aromatic nitrogens is 2. The van der Waals surface area contributed by atoms with Gasteiger partial charge in [-0.3, -0.25) is 4.90 Å². The topological polar surface area (TPSA) is 58.4 Å². The molecule has 0 bridgehead atoms. The van der Waals surface area contributed by atoms with Crippen LogP contribution in [0.15, 0.2) is 12.4 Å². The molecule has 112 valence electrons. The molecule has 0 amide bonds. The predicted molar refractivity (Wildman–Crippen MR) is 77.0 cm³/mol. The molecule has 2 aliphatic rings. The Kier molecular flexibility index (Phi) is 3.38. The molecule has 0 spiro atoms. The van der Waals surface area contributed by atoms with Crippen LogP contribution in [0.3, 0.4) is 0 Å². The number of fused-ring (bicyclic) bond motifs is 1. The Morgan fingerprint density at radius 1 is 1.40 bits per heavy atom. The summed E-state index contributed by atoms with van der Waals surface area (Å²) in [6.45, 7) is 2.22. The molecule has 3 heterocycles. The second-order valence-electron chi connectivity index (χ2n) is 6.21. The molecule has 0 aliphatic carbocycles. The zero-order valence-electron chi connectivity index (χ0n) is 12.2. The van der Waals surface area contributed by atoms with E-state index in [0.717, 1.165) is 18.9 Å². The highest BCUT2D eigenvalue weighted by Crippen LogP contribution is 2.36. The third kappa shape index (κ3) is 2.27. The van der Waals surface area contributed by atoms with Crippen LogP contribution in [0.5, 0.6) is 0 Å². The number of rotatable bonds is 3. The van der Waals surface area contributed by atoms with Crippen molar-refractivity contribution in [1.29, 1.82) is 0 Å². The molecule has 2 fully saturated rings. The molecule has 20 heavy (non-hydrogen) atoms. The standard InChI is InChI=1S/C13H22N4O2S/c1-15(2)11-9-20(18,19)12-7-17(6-10(11)12)8-13-14-4-5-16(13)3/h4-5,10-12H,6-9H2,1-3H3/t10-,11-,12-/m0/s1. The Morgan fingerprint density at radius 2 is 2.15 bits per heavy atom. The van der Waals surface area contributed by atoms with Gasteiger partial charge in [0.2, 0.25) is 0 Å². The molecule has 2 saturated heterocycles. The Morgan fingerprint density at radius 3 is 2.75 bits per heavy atom. The van der Waals surface area contributed by atoms with Crippen molar-refractivity contribution in [3.05, 3.63) is 18.2 Å². The molecule has 3 rings (SSSR count). The second-order valence-corrected chi connectivity index (χ2v) is 8.48. The van der Waals surface area contributed by atoms with Crippen molar-refractivity contribution in [3.63, 3.8) is 0 Å². The molecule has 3 atom stereocenters. The Labute approximate surface area is 120 Å². The van der Waals surface area contributed by atoms with Gasteiger partial charge in [-0.1, -0.05) is 0 Å². The average molecular weight is 298 g/mol. The number of imidazole rings is 1. The Bertz CT molecular complexity index is 595. The zero-order valence-corrected chi connectivity index (χ0v) is 13.0. The van der Waals surface area contributed by atoms with Crippen molar-refractivity contribution in [1.82, 2.24) is 19.4 Å². The highest BCUT2D eigenvalue weighted by Gasteiger charge is 2.52. The van der Waals surface area contributed by atoms with Gasteiger partial charge in [-0.05, 0) is 14.1 Å². The lowest BCUT2D eigenvalue weighted by Crippen LogP contribution is -2.37. The minimum absolute atomic E-state index is 0.149. The number of hydrogen-bond donors (Lipinski definition) is 0. The van der Waals surface area contributed by atoms with Crippen LogP contribution in [0.1, 0.15) is 5.82 Å². The third-order valence-corrected chi connectivity index (χ3v) is 6.92. The number of nitrogens with zero attached hydrogens (tertiary/aromatic N) is 4. The van der Waals surface area contributed by atoms with E-state index in [-0.39, 0.29) is 17.2 Å². The maximum absolute atomic E-state index is 12.3. The number of hydrogen-bond acceptors (Lipinski definition) is 5. The fraction of sp³-hybridized carbons (Fsp3) is 0.769. The Hall–Kier alpha value is -0.920. The monoisotopic (exact) mass is 298 g/mol. The first kappa shape index (κ1) is 14.0. The first-order valence-corrected chi connectivity index (χ1v) is 8.66. The van der Waals surface area contributed by atoms with E-state index in [9.17, 15) is 8.42 Å². The van der Waals surface area contributed by atoms with Crippen LogP contribution < -0.4 is 0 Å². The molecule has 1 aromatic heterocycles. The molecule has 1 aromatic rings. The summed E-state index contributed by atoms with van der Waals surface area (Å²) >= 11 is 0. The lowest BCUT2D eigenvalue weighted by Gasteiger charge is -2.24. The van der Waals surface area contributed by atoms with Gasteiger partial charge >= 0.3 is 0 Å². The van der Waals surface area contributed by atoms with Crippen molar-refractivity contribution in [2.45, 2.75) is 17.8 Å². The maximum Gasteiger partial charge on any atom is 0.156 e. The minimum Gasteiger partial charge on any atom is -0.337 e. The minimum atomic E-state index is -2.95. The van der Waals surface area contributed by atoms with Gasteiger partial charge in [-0.25, -0.2) is 13.4 Å². The number of sulfone groups is 1. The van der Waals surface area contributed by atoms with Gasteiger partial charge in [0.25, 0.3) is 0 Å². The molecule has 0 aromatic carbocycles. The van der Waals surface area contributed by atoms with Gasteiger partial charge in [0.05, 0.1) is 17.5 Å². The quantitative estimate of drug-likeness (QED) is 0.758. The van der Waals surface area contributed by atoms with Gasteiger partial charge in [0, 0.05) is 44.5 Å². The lowest BCUT2D eigenvalue weighted by molar-refractivity contribution is 0.227. The zero-order chi connectivity index (χ0) is 14.5. The molecule has 7 heteroatoms. The lowest BCUT2D eigenvalue weighted by atomic mass is 10.00. The molecular formula is C13H22N4O2S. The van der Waals surface area contributed by atoms with E-state index in [4.69, 9.17) is 0 Å². The first-order chi connectivity index (χ1) is 9.38. The fourth-order valence-corrected chi connectivity index (χ4v) is 6.03. The summed E-state index contributed by atoms with van der Waals surface area (Å²) in [5.74, 6) is 1.53. The van der Waals surface area contributed by atoms with Crippen molar-refractivity contribution >= 4 is 9.84 Å². The smallest absolute Gasteiger partial charge is 0.156 e. The third-order valence-electron chi connectivity index (χ3n) is 4.69. The molecule has 0 unspecified atom stereocenters. The van der Waals surface area contributed by atoms with E-state index >= 15 is 0 Å². The van der Waals surface area contributed by atoms with Gasteiger partial charge in [-0.15, -0.1) is 0 Å². The van der Waals surface area contributed by atoms with Crippen LogP contribution in [0.25, 0.3) is 0 Å². The van der Waals surface area contributed by atoms with Gasteiger partial charge in [-0.2, -0.15) is 0 Å². The molecular weight excluding hydrogens is 276 g/mol. The van der Waals surface area contributed by atoms with E-state index in [1.165, 1.54) is 0 Å². The summed E-state index contributed by atoms with van der Waals surface area (Å²) in [6.07, 6.45) is 3.71. The molecule has 0 saturated carbocycles. The maximum atomic E-state index is 12.3. The van der Waals surface area contributed by atoms with Crippen LogP contribution in [0.4, 0.5) is 0 Å². The second kappa shape index (κ2) is 4.82. The molecule has 2 aliphatic heterocycles. The van der Waals surface area contributed by atoms with Crippen molar-refractivity contribution in [2.75, 3.05) is 32.9 Å². The first-order valence-electron chi connectivity index (χ1n) is 6.95. The van der Waals surface area contributed by atoms with Crippen molar-refractivity contribution < 1.29 is 8.42 Å². The van der Waals surface area contributed by atoms with E-state index in [2.05, 4.69) is 14.8 Å².